The van der Waals surface area contributed by atoms with Gasteiger partial charge in [0, 0.05) is 14.8 Å². The van der Waals surface area contributed by atoms with Gasteiger partial charge in [0.2, 0.25) is 0 Å². The van der Waals surface area contributed by atoms with E-state index in [-0.39, 0.29) is 0 Å². The third-order valence-electron chi connectivity index (χ3n) is 2.50. The largest absolute Gasteiger partial charge is 0.491 e. The van der Waals surface area contributed by atoms with Gasteiger partial charge in [-0.3, -0.25) is 0 Å². The SMILES string of the molecule is CCCOc1cc(Sc2ccc(Cl)cc2)ccc1N. The lowest BCUT2D eigenvalue weighted by atomic mass is 10.3. The molecule has 2 nitrogen and oxygen atoms in total. The molecular weight excluding hydrogens is 278 g/mol. The van der Waals surface area contributed by atoms with Crippen LogP contribution in [0.2, 0.25) is 5.02 Å². The quantitative estimate of drug-likeness (QED) is 0.799. The van der Waals surface area contributed by atoms with Gasteiger partial charge in [-0.2, -0.15) is 0 Å². The van der Waals surface area contributed by atoms with Gasteiger partial charge >= 0.3 is 0 Å². The molecule has 0 saturated carbocycles. The van der Waals surface area contributed by atoms with E-state index in [4.69, 9.17) is 22.1 Å². The van der Waals surface area contributed by atoms with Crippen molar-refractivity contribution in [1.29, 1.82) is 0 Å². The average Bonchev–Trinajstić information content (AvgIpc) is 2.42. The molecule has 0 amide bonds. The summed E-state index contributed by atoms with van der Waals surface area (Å²) in [5.41, 5.74) is 6.57. The van der Waals surface area contributed by atoms with E-state index in [1.807, 2.05) is 42.5 Å². The highest BCUT2D eigenvalue weighted by atomic mass is 35.5. The predicted octanol–water partition coefficient (Wildman–Crippen LogP) is 4.86. The van der Waals surface area contributed by atoms with Crippen LogP contribution in [0.5, 0.6) is 5.75 Å². The molecule has 0 aliphatic rings. The maximum atomic E-state index is 5.89. The molecule has 2 aromatic carbocycles. The molecule has 0 atom stereocenters. The lowest BCUT2D eigenvalue weighted by Gasteiger charge is -2.10. The fourth-order valence-electron chi connectivity index (χ4n) is 1.55. The first-order valence-corrected chi connectivity index (χ1v) is 7.34. The normalized spacial score (nSPS) is 10.4. The molecule has 0 radical (unpaired) electrons. The van der Waals surface area contributed by atoms with Crippen LogP contribution in [-0.4, -0.2) is 6.61 Å². The molecule has 100 valence electrons. The minimum absolute atomic E-state index is 0.675. The number of nitrogens with two attached hydrogens (primary N) is 1. The first-order chi connectivity index (χ1) is 9.19. The Labute approximate surface area is 122 Å². The third kappa shape index (κ3) is 4.08. The van der Waals surface area contributed by atoms with Crippen LogP contribution in [0, 0.1) is 0 Å². The molecule has 19 heavy (non-hydrogen) atoms. The molecule has 0 aromatic heterocycles. The molecule has 4 heteroatoms. The van der Waals surface area contributed by atoms with Crippen molar-refractivity contribution >= 4 is 29.1 Å². The zero-order valence-corrected chi connectivity index (χ0v) is 12.3. The van der Waals surface area contributed by atoms with Crippen molar-refractivity contribution in [3.63, 3.8) is 0 Å². The fourth-order valence-corrected chi connectivity index (χ4v) is 2.53. The Morgan fingerprint density at radius 1 is 1.11 bits per heavy atom. The highest BCUT2D eigenvalue weighted by molar-refractivity contribution is 7.99. The summed E-state index contributed by atoms with van der Waals surface area (Å²) in [7, 11) is 0. The zero-order chi connectivity index (χ0) is 13.7. The maximum absolute atomic E-state index is 5.89. The predicted molar refractivity (Wildman–Crippen MR) is 82.2 cm³/mol. The van der Waals surface area contributed by atoms with Gasteiger partial charge in [-0.25, -0.2) is 0 Å². The van der Waals surface area contributed by atoms with Crippen LogP contribution in [0.1, 0.15) is 13.3 Å². The Balaban J connectivity index is 2.14. The van der Waals surface area contributed by atoms with Crippen molar-refractivity contribution < 1.29 is 4.74 Å². The monoisotopic (exact) mass is 293 g/mol. The number of rotatable bonds is 5. The van der Waals surface area contributed by atoms with E-state index < -0.39 is 0 Å². The second kappa shape index (κ2) is 6.73. The van der Waals surface area contributed by atoms with Gasteiger partial charge in [0.25, 0.3) is 0 Å². The number of hydrogen-bond donors (Lipinski definition) is 1. The molecule has 0 bridgehead atoms. The van der Waals surface area contributed by atoms with Gasteiger partial charge < -0.3 is 10.5 Å². The topological polar surface area (TPSA) is 35.2 Å². The summed E-state index contributed by atoms with van der Waals surface area (Å²) in [6.45, 7) is 2.75. The molecule has 0 aliphatic carbocycles. The van der Waals surface area contributed by atoms with Crippen LogP contribution in [0.4, 0.5) is 5.69 Å². The van der Waals surface area contributed by atoms with Crippen LogP contribution in [-0.2, 0) is 0 Å². The van der Waals surface area contributed by atoms with Crippen molar-refractivity contribution in [2.75, 3.05) is 12.3 Å². The van der Waals surface area contributed by atoms with Gasteiger partial charge in [0.15, 0.2) is 0 Å². The third-order valence-corrected chi connectivity index (χ3v) is 3.75. The van der Waals surface area contributed by atoms with E-state index >= 15 is 0 Å². The van der Waals surface area contributed by atoms with Crippen molar-refractivity contribution in [1.82, 2.24) is 0 Å². The van der Waals surface area contributed by atoms with Crippen molar-refractivity contribution in [2.45, 2.75) is 23.1 Å². The van der Waals surface area contributed by atoms with Gasteiger partial charge in [0.05, 0.1) is 12.3 Å². The second-order valence-electron chi connectivity index (χ2n) is 4.10. The van der Waals surface area contributed by atoms with Gasteiger partial charge in [-0.15, -0.1) is 0 Å². The van der Waals surface area contributed by atoms with E-state index in [1.54, 1.807) is 11.8 Å². The number of hydrogen-bond acceptors (Lipinski definition) is 3. The number of halogens is 1. The minimum atomic E-state index is 0.675. The highest BCUT2D eigenvalue weighted by Crippen LogP contribution is 2.33. The van der Waals surface area contributed by atoms with Gasteiger partial charge in [-0.1, -0.05) is 30.3 Å². The summed E-state index contributed by atoms with van der Waals surface area (Å²) in [4.78, 5) is 2.23. The standard InChI is InChI=1S/C15H16ClNOS/c1-2-9-18-15-10-13(7-8-14(15)17)19-12-5-3-11(16)4-6-12/h3-8,10H,2,9,17H2,1H3. The molecule has 0 unspecified atom stereocenters. The molecule has 2 rings (SSSR count). The number of ether oxygens (including phenoxy) is 1. The van der Waals surface area contributed by atoms with Crippen molar-refractivity contribution in [3.05, 3.63) is 47.5 Å². The molecule has 0 aliphatic heterocycles. The average molecular weight is 294 g/mol. The van der Waals surface area contributed by atoms with Crippen molar-refractivity contribution in [3.8, 4) is 5.75 Å². The smallest absolute Gasteiger partial charge is 0.143 e. The Morgan fingerprint density at radius 3 is 2.47 bits per heavy atom. The Kier molecular flexibility index (Phi) is 5.00. The molecule has 0 heterocycles. The molecule has 0 fully saturated rings. The van der Waals surface area contributed by atoms with E-state index in [1.165, 1.54) is 0 Å². The number of anilines is 1. The maximum Gasteiger partial charge on any atom is 0.143 e. The van der Waals surface area contributed by atoms with Gasteiger partial charge in [0.1, 0.15) is 5.75 Å². The Bertz CT molecular complexity index is 542. The van der Waals surface area contributed by atoms with E-state index in [2.05, 4.69) is 6.92 Å². The summed E-state index contributed by atoms with van der Waals surface area (Å²) < 4.78 is 5.62. The highest BCUT2D eigenvalue weighted by Gasteiger charge is 2.04. The molecule has 2 aromatic rings. The number of nitrogen functional groups attached to an aromatic ring is 1. The van der Waals surface area contributed by atoms with Crippen LogP contribution in [0.3, 0.4) is 0 Å². The summed E-state index contributed by atoms with van der Waals surface area (Å²) in [6, 6.07) is 13.6. The van der Waals surface area contributed by atoms with Crippen LogP contribution < -0.4 is 10.5 Å². The zero-order valence-electron chi connectivity index (χ0n) is 10.7. The first kappa shape index (κ1) is 14.1. The Hall–Kier alpha value is -1.32. The van der Waals surface area contributed by atoms with Crippen LogP contribution >= 0.6 is 23.4 Å². The van der Waals surface area contributed by atoms with Crippen LogP contribution in [0.15, 0.2) is 52.3 Å². The first-order valence-electron chi connectivity index (χ1n) is 6.15. The molecule has 0 spiro atoms. The molecule has 0 saturated heterocycles. The minimum Gasteiger partial charge on any atom is -0.491 e. The van der Waals surface area contributed by atoms with Crippen LogP contribution in [0.25, 0.3) is 0 Å². The lowest BCUT2D eigenvalue weighted by molar-refractivity contribution is 0.318. The summed E-state index contributed by atoms with van der Waals surface area (Å²) >= 11 is 7.53. The second-order valence-corrected chi connectivity index (χ2v) is 5.69. The lowest BCUT2D eigenvalue weighted by Crippen LogP contribution is -1.98. The van der Waals surface area contributed by atoms with Crippen molar-refractivity contribution in [2.24, 2.45) is 0 Å². The van der Waals surface area contributed by atoms with E-state index in [9.17, 15) is 0 Å². The molecular formula is C15H16ClNOS. The fraction of sp³-hybridized carbons (Fsp3) is 0.200. The van der Waals surface area contributed by atoms with E-state index in [0.717, 1.165) is 27.0 Å². The Morgan fingerprint density at radius 2 is 1.79 bits per heavy atom. The van der Waals surface area contributed by atoms with E-state index in [0.29, 0.717) is 12.3 Å². The summed E-state index contributed by atoms with van der Waals surface area (Å²) in [5, 5.41) is 0.744. The van der Waals surface area contributed by atoms with Gasteiger partial charge in [-0.05, 0) is 48.9 Å². The molecule has 2 N–H and O–H groups in total. The number of benzene rings is 2. The summed E-state index contributed by atoms with van der Waals surface area (Å²) in [5.74, 6) is 0.751. The summed E-state index contributed by atoms with van der Waals surface area (Å²) in [6.07, 6.45) is 0.966.